The third-order valence-corrected chi connectivity index (χ3v) is 4.81. The summed E-state index contributed by atoms with van der Waals surface area (Å²) in [5, 5.41) is 1.25. The standard InChI is InChI=1S/C19H17ClN2O/c20-12-17(23)22-11-10-15-14-8-4-5-9-16(14)21-18(15)19(22)13-6-2-1-3-7-13/h1-9,19,21H,10-12H2/t19-/m1/s1. The molecular weight excluding hydrogens is 308 g/mol. The van der Waals surface area contributed by atoms with E-state index in [9.17, 15) is 4.79 Å². The molecule has 1 N–H and O–H groups in total. The van der Waals surface area contributed by atoms with Gasteiger partial charge in [-0.25, -0.2) is 0 Å². The fourth-order valence-electron chi connectivity index (χ4n) is 3.57. The van der Waals surface area contributed by atoms with Crippen LogP contribution in [0, 0.1) is 0 Å². The quantitative estimate of drug-likeness (QED) is 0.713. The molecule has 0 spiro atoms. The van der Waals surface area contributed by atoms with E-state index in [4.69, 9.17) is 11.6 Å². The number of halogens is 1. The van der Waals surface area contributed by atoms with Crippen LogP contribution in [-0.4, -0.2) is 28.2 Å². The van der Waals surface area contributed by atoms with Crippen LogP contribution in [-0.2, 0) is 11.2 Å². The van der Waals surface area contributed by atoms with Gasteiger partial charge in [0.25, 0.3) is 0 Å². The molecule has 3 nitrogen and oxygen atoms in total. The summed E-state index contributed by atoms with van der Waals surface area (Å²) in [7, 11) is 0. The van der Waals surface area contributed by atoms with Crippen LogP contribution in [0.4, 0.5) is 0 Å². The van der Waals surface area contributed by atoms with E-state index in [-0.39, 0.29) is 17.8 Å². The van der Waals surface area contributed by atoms with Crippen molar-refractivity contribution in [1.82, 2.24) is 9.88 Å². The number of aromatic amines is 1. The molecule has 2 heterocycles. The highest BCUT2D eigenvalue weighted by Gasteiger charge is 2.33. The smallest absolute Gasteiger partial charge is 0.238 e. The lowest BCUT2D eigenvalue weighted by Crippen LogP contribution is -2.41. The minimum atomic E-state index is -0.0985. The van der Waals surface area contributed by atoms with Gasteiger partial charge in [0, 0.05) is 23.1 Å². The molecule has 2 aromatic carbocycles. The summed E-state index contributed by atoms with van der Waals surface area (Å²) in [5.41, 5.74) is 4.66. The first-order chi connectivity index (χ1) is 11.3. The average molecular weight is 325 g/mol. The number of benzene rings is 2. The lowest BCUT2D eigenvalue weighted by atomic mass is 9.92. The molecule has 1 aliphatic rings. The molecule has 1 atom stereocenters. The van der Waals surface area contributed by atoms with Crippen LogP contribution in [0.15, 0.2) is 54.6 Å². The van der Waals surface area contributed by atoms with Crippen molar-refractivity contribution in [3.63, 3.8) is 0 Å². The number of rotatable bonds is 2. The zero-order valence-corrected chi connectivity index (χ0v) is 13.4. The first-order valence-corrected chi connectivity index (χ1v) is 8.33. The van der Waals surface area contributed by atoms with Crippen molar-refractivity contribution < 1.29 is 4.79 Å². The summed E-state index contributed by atoms with van der Waals surface area (Å²) in [4.78, 5) is 17.8. The number of aromatic nitrogens is 1. The number of fused-ring (bicyclic) bond motifs is 3. The van der Waals surface area contributed by atoms with Crippen LogP contribution in [0.1, 0.15) is 22.9 Å². The van der Waals surface area contributed by atoms with Crippen LogP contribution in [0.25, 0.3) is 10.9 Å². The number of nitrogens with one attached hydrogen (secondary N) is 1. The lowest BCUT2D eigenvalue weighted by Gasteiger charge is -2.36. The minimum Gasteiger partial charge on any atom is -0.356 e. The number of hydrogen-bond donors (Lipinski definition) is 1. The molecule has 1 aromatic heterocycles. The summed E-state index contributed by atoms with van der Waals surface area (Å²) in [6.07, 6.45) is 0.852. The van der Waals surface area contributed by atoms with Gasteiger partial charge in [0.2, 0.25) is 5.91 Å². The number of carbonyl (C=O) groups excluding carboxylic acids is 1. The van der Waals surface area contributed by atoms with Gasteiger partial charge in [-0.1, -0.05) is 48.5 Å². The van der Waals surface area contributed by atoms with Crippen molar-refractivity contribution in [3.8, 4) is 0 Å². The van der Waals surface area contributed by atoms with E-state index < -0.39 is 0 Å². The Bertz CT molecular complexity index is 856. The Kier molecular flexibility index (Phi) is 3.58. The molecule has 116 valence electrons. The van der Waals surface area contributed by atoms with Crippen molar-refractivity contribution in [2.45, 2.75) is 12.5 Å². The second-order valence-electron chi connectivity index (χ2n) is 5.85. The van der Waals surface area contributed by atoms with Gasteiger partial charge in [-0.2, -0.15) is 0 Å². The van der Waals surface area contributed by atoms with Crippen LogP contribution in [0.2, 0.25) is 0 Å². The monoisotopic (exact) mass is 324 g/mol. The molecule has 23 heavy (non-hydrogen) atoms. The molecule has 0 saturated heterocycles. The van der Waals surface area contributed by atoms with Gasteiger partial charge < -0.3 is 9.88 Å². The number of carbonyl (C=O) groups is 1. The molecule has 4 heteroatoms. The molecule has 0 radical (unpaired) electrons. The van der Waals surface area contributed by atoms with E-state index >= 15 is 0 Å². The Labute approximate surface area is 139 Å². The normalized spacial score (nSPS) is 17.3. The molecule has 1 aliphatic heterocycles. The highest BCUT2D eigenvalue weighted by atomic mass is 35.5. The zero-order chi connectivity index (χ0) is 15.8. The van der Waals surface area contributed by atoms with Gasteiger partial charge in [0.15, 0.2) is 0 Å². The maximum Gasteiger partial charge on any atom is 0.238 e. The fourth-order valence-corrected chi connectivity index (χ4v) is 3.72. The Morgan fingerprint density at radius 3 is 2.65 bits per heavy atom. The van der Waals surface area contributed by atoms with Gasteiger partial charge in [-0.05, 0) is 23.6 Å². The first kappa shape index (κ1) is 14.3. The predicted molar refractivity (Wildman–Crippen MR) is 92.7 cm³/mol. The third-order valence-electron chi connectivity index (χ3n) is 4.58. The van der Waals surface area contributed by atoms with Crippen LogP contribution in [0.5, 0.6) is 0 Å². The fraction of sp³-hybridized carbons (Fsp3) is 0.211. The zero-order valence-electron chi connectivity index (χ0n) is 12.6. The highest BCUT2D eigenvalue weighted by Crippen LogP contribution is 2.38. The Hall–Kier alpha value is -2.26. The van der Waals surface area contributed by atoms with E-state index in [0.29, 0.717) is 6.54 Å². The summed E-state index contributed by atoms with van der Waals surface area (Å²) in [6.45, 7) is 0.694. The van der Waals surface area contributed by atoms with E-state index in [1.807, 2.05) is 29.2 Å². The summed E-state index contributed by atoms with van der Waals surface area (Å²) >= 11 is 5.84. The third kappa shape index (κ3) is 2.32. The molecule has 0 bridgehead atoms. The van der Waals surface area contributed by atoms with Crippen molar-refractivity contribution in [3.05, 3.63) is 71.4 Å². The van der Waals surface area contributed by atoms with Gasteiger partial charge in [0.05, 0.1) is 6.04 Å². The largest absolute Gasteiger partial charge is 0.356 e. The van der Waals surface area contributed by atoms with Gasteiger partial charge in [0.1, 0.15) is 5.88 Å². The average Bonchev–Trinajstić information content (AvgIpc) is 2.99. The van der Waals surface area contributed by atoms with Gasteiger partial charge in [-0.15, -0.1) is 11.6 Å². The number of para-hydroxylation sites is 1. The lowest BCUT2D eigenvalue weighted by molar-refractivity contribution is -0.130. The maximum atomic E-state index is 12.4. The van der Waals surface area contributed by atoms with Crippen LogP contribution >= 0.6 is 11.6 Å². The Morgan fingerprint density at radius 2 is 1.87 bits per heavy atom. The topological polar surface area (TPSA) is 36.1 Å². The highest BCUT2D eigenvalue weighted by molar-refractivity contribution is 6.27. The van der Waals surface area contributed by atoms with Gasteiger partial charge in [-0.3, -0.25) is 4.79 Å². The second-order valence-corrected chi connectivity index (χ2v) is 6.11. The second kappa shape index (κ2) is 5.74. The molecule has 3 aromatic rings. The SMILES string of the molecule is O=C(CCl)N1CCc2c([nH]c3ccccc23)[C@H]1c1ccccc1. The molecule has 0 saturated carbocycles. The molecule has 0 unspecified atom stereocenters. The summed E-state index contributed by atoms with van der Waals surface area (Å²) in [6, 6.07) is 18.4. The van der Waals surface area contributed by atoms with Crippen LogP contribution in [0.3, 0.4) is 0 Å². The maximum absolute atomic E-state index is 12.4. The van der Waals surface area contributed by atoms with E-state index in [1.54, 1.807) is 0 Å². The molecule has 1 amide bonds. The van der Waals surface area contributed by atoms with Crippen molar-refractivity contribution in [2.24, 2.45) is 0 Å². The van der Waals surface area contributed by atoms with Gasteiger partial charge >= 0.3 is 0 Å². The number of nitrogens with zero attached hydrogens (tertiary/aromatic N) is 1. The molecular formula is C19H17ClN2O. The van der Waals surface area contributed by atoms with Crippen molar-refractivity contribution in [2.75, 3.05) is 12.4 Å². The number of alkyl halides is 1. The summed E-state index contributed by atoms with van der Waals surface area (Å²) < 4.78 is 0. The van der Waals surface area contributed by atoms with Crippen molar-refractivity contribution >= 4 is 28.4 Å². The van der Waals surface area contributed by atoms with E-state index in [0.717, 1.165) is 23.2 Å². The number of amides is 1. The Balaban J connectivity index is 1.92. The molecule has 0 fully saturated rings. The minimum absolute atomic E-state index is 0.0128. The number of H-pyrrole nitrogens is 1. The summed E-state index contributed by atoms with van der Waals surface area (Å²) in [5.74, 6) is -0.0105. The predicted octanol–water partition coefficient (Wildman–Crippen LogP) is 3.88. The van der Waals surface area contributed by atoms with E-state index in [1.165, 1.54) is 10.9 Å². The number of hydrogen-bond acceptors (Lipinski definition) is 1. The molecule has 4 rings (SSSR count). The van der Waals surface area contributed by atoms with E-state index in [2.05, 4.69) is 35.3 Å². The molecule has 0 aliphatic carbocycles. The first-order valence-electron chi connectivity index (χ1n) is 7.79. The Morgan fingerprint density at radius 1 is 1.13 bits per heavy atom. The van der Waals surface area contributed by atoms with Crippen molar-refractivity contribution in [1.29, 1.82) is 0 Å². The van der Waals surface area contributed by atoms with Crippen LogP contribution < -0.4 is 0 Å².